The van der Waals surface area contributed by atoms with Gasteiger partial charge in [0.2, 0.25) is 11.0 Å². The summed E-state index contributed by atoms with van der Waals surface area (Å²) in [5, 5.41) is 14.8. The highest BCUT2D eigenvalue weighted by Crippen LogP contribution is 2.27. The van der Waals surface area contributed by atoms with Crippen LogP contribution in [0.15, 0.2) is 10.4 Å². The number of hydrogen-bond acceptors (Lipinski definition) is 7. The van der Waals surface area contributed by atoms with Gasteiger partial charge >= 0.3 is 0 Å². The molecule has 0 spiro atoms. The highest BCUT2D eigenvalue weighted by Gasteiger charge is 2.12. The van der Waals surface area contributed by atoms with Gasteiger partial charge in [0.25, 0.3) is 0 Å². The Balaban J connectivity index is 1.94. The molecule has 10 heteroatoms. The highest BCUT2D eigenvalue weighted by molar-refractivity contribution is 8.01. The Morgan fingerprint density at radius 1 is 1.38 bits per heavy atom. The molecule has 0 fully saturated rings. The number of hydrogen-bond donors (Lipinski definition) is 2. The van der Waals surface area contributed by atoms with Crippen LogP contribution in [0.1, 0.15) is 5.69 Å². The molecule has 2 heterocycles. The van der Waals surface area contributed by atoms with Crippen molar-refractivity contribution >= 4 is 63.2 Å². The van der Waals surface area contributed by atoms with Gasteiger partial charge in [-0.15, -0.1) is 10.2 Å². The van der Waals surface area contributed by atoms with E-state index in [2.05, 4.69) is 25.8 Å². The lowest BCUT2D eigenvalue weighted by Gasteiger charge is -2.07. The minimum absolute atomic E-state index is 0.192. The van der Waals surface area contributed by atoms with Crippen molar-refractivity contribution in [1.29, 1.82) is 0 Å². The van der Waals surface area contributed by atoms with E-state index in [1.165, 1.54) is 23.1 Å². The molecule has 0 aliphatic heterocycles. The summed E-state index contributed by atoms with van der Waals surface area (Å²) >= 11 is 14.6. The van der Waals surface area contributed by atoms with E-state index < -0.39 is 0 Å². The zero-order valence-electron chi connectivity index (χ0n) is 11.1. The summed E-state index contributed by atoms with van der Waals surface area (Å²) in [7, 11) is 1.76. The third-order valence-corrected chi connectivity index (χ3v) is 5.05. The molecule has 0 aliphatic rings. The highest BCUT2D eigenvalue weighted by atomic mass is 35.5. The maximum absolute atomic E-state index is 11.9. The van der Waals surface area contributed by atoms with E-state index in [4.69, 9.17) is 23.2 Å². The van der Waals surface area contributed by atoms with Crippen LogP contribution in [0.3, 0.4) is 0 Å². The Morgan fingerprint density at radius 2 is 2.14 bits per heavy atom. The van der Waals surface area contributed by atoms with Gasteiger partial charge in [0.1, 0.15) is 0 Å². The predicted octanol–water partition coefficient (Wildman–Crippen LogP) is 3.32. The molecule has 0 aromatic carbocycles. The van der Waals surface area contributed by atoms with Gasteiger partial charge in [0, 0.05) is 7.05 Å². The molecule has 0 saturated carbocycles. The third-order valence-electron chi connectivity index (χ3n) is 2.31. The molecule has 0 atom stereocenters. The monoisotopic (exact) mass is 363 g/mol. The number of thioether (sulfide) groups is 1. The van der Waals surface area contributed by atoms with Crippen molar-refractivity contribution in [3.63, 3.8) is 0 Å². The fourth-order valence-electron chi connectivity index (χ4n) is 1.31. The number of carbonyl (C=O) groups is 1. The molecule has 2 rings (SSSR count). The first-order valence-electron chi connectivity index (χ1n) is 5.76. The van der Waals surface area contributed by atoms with Gasteiger partial charge in [-0.3, -0.25) is 4.79 Å². The van der Waals surface area contributed by atoms with Crippen LogP contribution in [0.25, 0.3) is 0 Å². The number of amides is 1. The van der Waals surface area contributed by atoms with Gasteiger partial charge in [0.15, 0.2) is 10.2 Å². The van der Waals surface area contributed by atoms with E-state index in [0.717, 1.165) is 0 Å². The molecule has 0 aliphatic carbocycles. The first-order valence-corrected chi connectivity index (χ1v) is 8.32. The summed E-state index contributed by atoms with van der Waals surface area (Å²) in [6.07, 6.45) is 0. The van der Waals surface area contributed by atoms with Crippen LogP contribution in [0.4, 0.5) is 10.9 Å². The number of aryl methyl sites for hydroxylation is 1. The first-order chi connectivity index (χ1) is 9.99. The lowest BCUT2D eigenvalue weighted by Crippen LogP contribution is -2.15. The van der Waals surface area contributed by atoms with Crippen molar-refractivity contribution in [3.8, 4) is 0 Å². The van der Waals surface area contributed by atoms with Crippen LogP contribution in [0.2, 0.25) is 10.0 Å². The molecule has 1 amide bonds. The van der Waals surface area contributed by atoms with Gasteiger partial charge < -0.3 is 10.6 Å². The standard InChI is InChI=1S/C11H11Cl2N5OS2/c1-5-6(12)3-7(13)9(15-5)16-8(19)4-20-11-18-17-10(14-2)21-11/h3H,4H2,1-2H3,(H,14,17)(H,15,16,19). The van der Waals surface area contributed by atoms with Gasteiger partial charge in [0.05, 0.1) is 21.5 Å². The average Bonchev–Trinajstić information content (AvgIpc) is 2.90. The Labute approximate surface area is 139 Å². The molecule has 2 N–H and O–H groups in total. The fraction of sp³-hybridized carbons (Fsp3) is 0.273. The molecular weight excluding hydrogens is 353 g/mol. The van der Waals surface area contributed by atoms with Gasteiger partial charge in [-0.05, 0) is 13.0 Å². The van der Waals surface area contributed by atoms with Crippen LogP contribution >= 0.6 is 46.3 Å². The quantitative estimate of drug-likeness (QED) is 0.793. The Bertz CT molecular complexity index is 664. The van der Waals surface area contributed by atoms with Gasteiger partial charge in [-0.2, -0.15) is 0 Å². The van der Waals surface area contributed by atoms with E-state index in [1.807, 2.05) is 0 Å². The number of carbonyl (C=O) groups excluding carboxylic acids is 1. The molecule has 0 unspecified atom stereocenters. The fourth-order valence-corrected chi connectivity index (χ4v) is 3.22. The van der Waals surface area contributed by atoms with Gasteiger partial charge in [-0.25, -0.2) is 4.98 Å². The van der Waals surface area contributed by atoms with Crippen molar-refractivity contribution in [2.45, 2.75) is 11.3 Å². The number of halogens is 2. The molecule has 21 heavy (non-hydrogen) atoms. The summed E-state index contributed by atoms with van der Waals surface area (Å²) in [6.45, 7) is 1.74. The molecule has 0 radical (unpaired) electrons. The van der Waals surface area contributed by atoms with Crippen LogP contribution < -0.4 is 10.6 Å². The minimum atomic E-state index is -0.225. The number of rotatable bonds is 5. The Morgan fingerprint density at radius 3 is 2.81 bits per heavy atom. The lowest BCUT2D eigenvalue weighted by molar-refractivity contribution is -0.113. The lowest BCUT2D eigenvalue weighted by atomic mass is 10.3. The van der Waals surface area contributed by atoms with E-state index in [1.54, 1.807) is 20.0 Å². The van der Waals surface area contributed by atoms with Crippen molar-refractivity contribution < 1.29 is 4.79 Å². The maximum atomic E-state index is 11.9. The number of pyridine rings is 1. The van der Waals surface area contributed by atoms with Crippen molar-refractivity contribution in [2.75, 3.05) is 23.4 Å². The summed E-state index contributed by atoms with van der Waals surface area (Å²) in [4.78, 5) is 16.0. The summed E-state index contributed by atoms with van der Waals surface area (Å²) in [5.41, 5.74) is 0.604. The van der Waals surface area contributed by atoms with Crippen LogP contribution in [0.5, 0.6) is 0 Å². The van der Waals surface area contributed by atoms with Crippen molar-refractivity contribution in [2.24, 2.45) is 0 Å². The van der Waals surface area contributed by atoms with Crippen LogP contribution in [-0.4, -0.2) is 33.9 Å². The van der Waals surface area contributed by atoms with E-state index >= 15 is 0 Å². The molecule has 2 aromatic rings. The van der Waals surface area contributed by atoms with Crippen molar-refractivity contribution in [3.05, 3.63) is 21.8 Å². The minimum Gasteiger partial charge on any atom is -0.363 e. The van der Waals surface area contributed by atoms with E-state index in [0.29, 0.717) is 31.0 Å². The molecule has 2 aromatic heterocycles. The number of aromatic nitrogens is 3. The second-order valence-electron chi connectivity index (χ2n) is 3.85. The smallest absolute Gasteiger partial charge is 0.236 e. The third kappa shape index (κ3) is 4.44. The maximum Gasteiger partial charge on any atom is 0.236 e. The summed E-state index contributed by atoms with van der Waals surface area (Å²) in [6, 6.07) is 1.55. The topological polar surface area (TPSA) is 79.8 Å². The summed E-state index contributed by atoms with van der Waals surface area (Å²) < 4.78 is 0.709. The van der Waals surface area contributed by atoms with Crippen LogP contribution in [-0.2, 0) is 4.79 Å². The molecule has 0 bridgehead atoms. The molecule has 112 valence electrons. The average molecular weight is 364 g/mol. The Kier molecular flexibility index (Phi) is 5.63. The number of nitrogens with one attached hydrogen (secondary N) is 2. The number of anilines is 2. The molecular formula is C11H11Cl2N5OS2. The van der Waals surface area contributed by atoms with E-state index in [-0.39, 0.29) is 11.7 Å². The normalized spacial score (nSPS) is 10.5. The SMILES string of the molecule is CNc1nnc(SCC(=O)Nc2nc(C)c(Cl)cc2Cl)s1. The number of nitrogens with zero attached hydrogens (tertiary/aromatic N) is 3. The first kappa shape index (κ1) is 16.3. The zero-order chi connectivity index (χ0) is 15.4. The van der Waals surface area contributed by atoms with Gasteiger partial charge in [-0.1, -0.05) is 46.3 Å². The van der Waals surface area contributed by atoms with Crippen molar-refractivity contribution in [1.82, 2.24) is 15.2 Å². The molecule has 6 nitrogen and oxygen atoms in total. The second-order valence-corrected chi connectivity index (χ2v) is 6.86. The predicted molar refractivity (Wildman–Crippen MR) is 87.8 cm³/mol. The zero-order valence-corrected chi connectivity index (χ0v) is 14.3. The van der Waals surface area contributed by atoms with Crippen LogP contribution in [0, 0.1) is 6.92 Å². The Hall–Kier alpha value is -1.09. The second kappa shape index (κ2) is 7.26. The largest absolute Gasteiger partial charge is 0.363 e. The summed E-state index contributed by atoms with van der Waals surface area (Å²) in [5.74, 6) is 0.271. The molecule has 0 saturated heterocycles. The van der Waals surface area contributed by atoms with E-state index in [9.17, 15) is 4.79 Å².